The molecule has 2 unspecified atom stereocenters. The molecule has 2 N–H and O–H groups in total. The van der Waals surface area contributed by atoms with Gasteiger partial charge in [-0.1, -0.05) is 11.6 Å². The molecular formula is C19H26ClN3O3. The molecule has 6 nitrogen and oxygen atoms in total. The van der Waals surface area contributed by atoms with Crippen molar-refractivity contribution in [3.63, 3.8) is 0 Å². The summed E-state index contributed by atoms with van der Waals surface area (Å²) in [6, 6.07) is 5.15. The van der Waals surface area contributed by atoms with Crippen LogP contribution >= 0.6 is 11.6 Å². The summed E-state index contributed by atoms with van der Waals surface area (Å²) in [6.45, 7) is 3.14. The molecule has 2 atom stereocenters. The number of methoxy groups -OCH3 is 1. The molecule has 2 amide bonds. The van der Waals surface area contributed by atoms with Gasteiger partial charge in [-0.25, -0.2) is 0 Å². The Morgan fingerprint density at radius 3 is 3.04 bits per heavy atom. The zero-order chi connectivity index (χ0) is 18.5. The maximum absolute atomic E-state index is 12.5. The van der Waals surface area contributed by atoms with Gasteiger partial charge in [0.05, 0.1) is 18.7 Å². The molecule has 3 rings (SSSR count). The van der Waals surface area contributed by atoms with Crippen LogP contribution in [0.4, 0.5) is 5.69 Å². The van der Waals surface area contributed by atoms with E-state index >= 15 is 0 Å². The van der Waals surface area contributed by atoms with E-state index in [1.165, 1.54) is 12.8 Å². The maximum Gasteiger partial charge on any atom is 0.227 e. The Morgan fingerprint density at radius 2 is 2.31 bits per heavy atom. The normalized spacial score (nSPS) is 23.2. The van der Waals surface area contributed by atoms with Gasteiger partial charge < -0.3 is 20.3 Å². The predicted octanol–water partition coefficient (Wildman–Crippen LogP) is 2.21. The van der Waals surface area contributed by atoms with Crippen molar-refractivity contribution in [2.75, 3.05) is 38.2 Å². The van der Waals surface area contributed by atoms with E-state index in [4.69, 9.17) is 16.3 Å². The number of ether oxygens (including phenoxy) is 1. The van der Waals surface area contributed by atoms with Crippen LogP contribution in [0.3, 0.4) is 0 Å². The molecule has 0 aliphatic carbocycles. The summed E-state index contributed by atoms with van der Waals surface area (Å²) in [7, 11) is 1.55. The maximum atomic E-state index is 12.5. The number of amides is 2. The van der Waals surface area contributed by atoms with Crippen LogP contribution in [-0.2, 0) is 9.59 Å². The first-order chi connectivity index (χ1) is 12.6. The number of hydrogen-bond acceptors (Lipinski definition) is 4. The highest BCUT2D eigenvalue weighted by atomic mass is 35.5. The second-order valence-electron chi connectivity index (χ2n) is 7.01. The molecule has 2 aliphatic rings. The Hall–Kier alpha value is -1.79. The van der Waals surface area contributed by atoms with Gasteiger partial charge in [-0.15, -0.1) is 0 Å². The Kier molecular flexibility index (Phi) is 6.38. The van der Waals surface area contributed by atoms with Crippen molar-refractivity contribution in [3.8, 4) is 5.75 Å². The lowest BCUT2D eigenvalue weighted by atomic mass is 9.96. The lowest BCUT2D eigenvalue weighted by Gasteiger charge is -2.23. The molecule has 0 saturated carbocycles. The summed E-state index contributed by atoms with van der Waals surface area (Å²) in [4.78, 5) is 26.5. The number of carbonyl (C=O) groups excluding carboxylic acids is 2. The van der Waals surface area contributed by atoms with E-state index in [2.05, 4.69) is 10.6 Å². The van der Waals surface area contributed by atoms with E-state index in [0.717, 1.165) is 19.5 Å². The van der Waals surface area contributed by atoms with Crippen LogP contribution in [0.5, 0.6) is 5.75 Å². The van der Waals surface area contributed by atoms with Gasteiger partial charge in [0.1, 0.15) is 5.75 Å². The number of piperidine rings is 1. The first-order valence-corrected chi connectivity index (χ1v) is 9.58. The monoisotopic (exact) mass is 379 g/mol. The van der Waals surface area contributed by atoms with Crippen LogP contribution in [0.1, 0.15) is 25.7 Å². The highest BCUT2D eigenvalue weighted by Crippen LogP contribution is 2.35. The van der Waals surface area contributed by atoms with Gasteiger partial charge in [0.25, 0.3) is 0 Å². The molecule has 7 heteroatoms. The summed E-state index contributed by atoms with van der Waals surface area (Å²) in [6.07, 6.45) is 3.61. The van der Waals surface area contributed by atoms with E-state index in [0.29, 0.717) is 35.5 Å². The minimum atomic E-state index is -0.337. The molecular weight excluding hydrogens is 354 g/mol. The molecule has 0 bridgehead atoms. The fraction of sp³-hybridized carbons (Fsp3) is 0.579. The van der Waals surface area contributed by atoms with E-state index in [-0.39, 0.29) is 24.2 Å². The van der Waals surface area contributed by atoms with E-state index in [9.17, 15) is 9.59 Å². The van der Waals surface area contributed by atoms with Gasteiger partial charge in [-0.3, -0.25) is 9.59 Å². The zero-order valence-electron chi connectivity index (χ0n) is 15.1. The van der Waals surface area contributed by atoms with Gasteiger partial charge in [0.2, 0.25) is 11.8 Å². The summed E-state index contributed by atoms with van der Waals surface area (Å²) in [5.41, 5.74) is 0.619. The molecule has 2 fully saturated rings. The molecule has 2 aliphatic heterocycles. The average Bonchev–Trinajstić information content (AvgIpc) is 3.04. The van der Waals surface area contributed by atoms with Crippen LogP contribution in [0.15, 0.2) is 18.2 Å². The van der Waals surface area contributed by atoms with Crippen molar-refractivity contribution in [1.82, 2.24) is 10.6 Å². The Balaban J connectivity index is 1.55. The largest absolute Gasteiger partial charge is 0.495 e. The minimum Gasteiger partial charge on any atom is -0.495 e. The van der Waals surface area contributed by atoms with Crippen LogP contribution in [-0.4, -0.2) is 45.1 Å². The van der Waals surface area contributed by atoms with Gasteiger partial charge in [-0.2, -0.15) is 0 Å². The van der Waals surface area contributed by atoms with Crippen molar-refractivity contribution < 1.29 is 14.3 Å². The van der Waals surface area contributed by atoms with Gasteiger partial charge in [0, 0.05) is 24.5 Å². The number of nitrogens with one attached hydrogen (secondary N) is 2. The zero-order valence-corrected chi connectivity index (χ0v) is 15.8. The van der Waals surface area contributed by atoms with Crippen molar-refractivity contribution in [2.45, 2.75) is 25.7 Å². The van der Waals surface area contributed by atoms with Crippen LogP contribution in [0.25, 0.3) is 0 Å². The molecule has 2 saturated heterocycles. The third-order valence-electron chi connectivity index (χ3n) is 5.18. The molecule has 0 radical (unpaired) electrons. The fourth-order valence-electron chi connectivity index (χ4n) is 3.70. The van der Waals surface area contributed by atoms with Crippen molar-refractivity contribution in [3.05, 3.63) is 23.2 Å². The highest BCUT2D eigenvalue weighted by Gasteiger charge is 2.36. The number of nitrogens with zero attached hydrogens (tertiary/aromatic N) is 1. The van der Waals surface area contributed by atoms with E-state index in [1.54, 1.807) is 30.2 Å². The Bertz CT molecular complexity index is 661. The smallest absolute Gasteiger partial charge is 0.227 e. The fourth-order valence-corrected chi connectivity index (χ4v) is 3.87. The standard InChI is InChI=1S/C19H26ClN3O3/c1-26-17-5-4-15(20)10-16(17)23-12-14(9-18(23)24)19(25)22-8-6-13-3-2-7-21-11-13/h4-5,10,13-14,21H,2-3,6-9,11-12H2,1H3,(H,22,25). The first-order valence-electron chi connectivity index (χ1n) is 9.21. The number of halogens is 1. The summed E-state index contributed by atoms with van der Waals surface area (Å²) in [5, 5.41) is 6.92. The van der Waals surface area contributed by atoms with Gasteiger partial charge >= 0.3 is 0 Å². The number of hydrogen-bond donors (Lipinski definition) is 2. The molecule has 26 heavy (non-hydrogen) atoms. The second kappa shape index (κ2) is 8.73. The molecule has 142 valence electrons. The molecule has 2 heterocycles. The average molecular weight is 380 g/mol. The summed E-state index contributed by atoms with van der Waals surface area (Å²) >= 11 is 6.06. The summed E-state index contributed by atoms with van der Waals surface area (Å²) in [5.74, 6) is 0.735. The van der Waals surface area contributed by atoms with Crippen molar-refractivity contribution >= 4 is 29.1 Å². The van der Waals surface area contributed by atoms with Crippen molar-refractivity contribution in [1.29, 1.82) is 0 Å². The number of carbonyl (C=O) groups is 2. The molecule has 0 spiro atoms. The molecule has 1 aromatic rings. The topological polar surface area (TPSA) is 70.7 Å². The van der Waals surface area contributed by atoms with E-state index in [1.807, 2.05) is 0 Å². The SMILES string of the molecule is COc1ccc(Cl)cc1N1CC(C(=O)NCCC2CCCNC2)CC1=O. The van der Waals surface area contributed by atoms with Crippen LogP contribution < -0.4 is 20.3 Å². The molecule has 1 aromatic carbocycles. The lowest BCUT2D eigenvalue weighted by Crippen LogP contribution is -2.36. The third-order valence-corrected chi connectivity index (χ3v) is 5.41. The van der Waals surface area contributed by atoms with E-state index < -0.39 is 0 Å². The Morgan fingerprint density at radius 1 is 1.46 bits per heavy atom. The predicted molar refractivity (Wildman–Crippen MR) is 102 cm³/mol. The number of rotatable bonds is 6. The Labute approximate surface area is 159 Å². The van der Waals surface area contributed by atoms with Gasteiger partial charge in [0.15, 0.2) is 0 Å². The van der Waals surface area contributed by atoms with Crippen LogP contribution in [0, 0.1) is 11.8 Å². The van der Waals surface area contributed by atoms with Crippen molar-refractivity contribution in [2.24, 2.45) is 11.8 Å². The molecule has 0 aromatic heterocycles. The quantitative estimate of drug-likeness (QED) is 0.795. The first kappa shape index (κ1) is 19.0. The lowest BCUT2D eigenvalue weighted by molar-refractivity contribution is -0.126. The third kappa shape index (κ3) is 4.48. The second-order valence-corrected chi connectivity index (χ2v) is 7.45. The summed E-state index contributed by atoms with van der Waals surface area (Å²) < 4.78 is 5.33. The highest BCUT2D eigenvalue weighted by molar-refractivity contribution is 6.31. The number of anilines is 1. The van der Waals surface area contributed by atoms with Gasteiger partial charge in [-0.05, 0) is 56.5 Å². The number of benzene rings is 1. The minimum absolute atomic E-state index is 0.0504. The van der Waals surface area contributed by atoms with Crippen LogP contribution in [0.2, 0.25) is 5.02 Å².